The molecule has 2 aromatic rings. The van der Waals surface area contributed by atoms with Crippen LogP contribution in [0.5, 0.6) is 5.88 Å². The molecule has 1 aromatic heterocycles. The van der Waals surface area contributed by atoms with Gasteiger partial charge in [0.2, 0.25) is 5.88 Å². The Hall–Kier alpha value is -2.05. The number of aromatic nitrogens is 1. The Kier molecular flexibility index (Phi) is 3.47. The van der Waals surface area contributed by atoms with Crippen LogP contribution in [-0.2, 0) is 17.9 Å². The minimum absolute atomic E-state index is 0.122. The number of halogens is 2. The number of pyridine rings is 1. The molecule has 5 rings (SSSR count). The van der Waals surface area contributed by atoms with Crippen molar-refractivity contribution in [1.29, 1.82) is 0 Å². The Labute approximate surface area is 157 Å². The first-order valence-corrected chi connectivity index (χ1v) is 9.43. The zero-order chi connectivity index (χ0) is 19.0. The maximum atomic E-state index is 13.6. The van der Waals surface area contributed by atoms with Gasteiger partial charge in [-0.05, 0) is 37.1 Å². The summed E-state index contributed by atoms with van der Waals surface area (Å²) in [5, 5.41) is 3.35. The van der Waals surface area contributed by atoms with Gasteiger partial charge in [0, 0.05) is 54.1 Å². The number of nitrogens with one attached hydrogen (secondary N) is 1. The molecule has 6 heteroatoms. The minimum Gasteiger partial charge on any atom is -0.474 e. The number of hydrogen-bond donors (Lipinski definition) is 2. The highest BCUT2D eigenvalue weighted by molar-refractivity contribution is 5.65. The van der Waals surface area contributed by atoms with E-state index in [-0.39, 0.29) is 18.1 Å². The first-order chi connectivity index (χ1) is 12.7. The molecule has 0 spiro atoms. The average molecular weight is 371 g/mol. The van der Waals surface area contributed by atoms with E-state index in [1.54, 1.807) is 6.07 Å². The summed E-state index contributed by atoms with van der Waals surface area (Å²) in [6, 6.07) is 8.86. The standard InChI is InChI=1S/C21H23F2N3O/c1-20(2,24)13-6-17(11-3-4-16-12(5-11)8-21(16,22)23)26-18(7-13)27-19-14-9-25-10-15(14)19/h3-7,14-15,19,25H,8-10,24H2,1-2H3/t14-,15+,19?. The molecular formula is C21H23F2N3O. The number of rotatable bonds is 4. The molecule has 0 bridgehead atoms. The summed E-state index contributed by atoms with van der Waals surface area (Å²) in [6.07, 6.45) is -0.00158. The van der Waals surface area contributed by atoms with Crippen LogP contribution < -0.4 is 15.8 Å². The highest BCUT2D eigenvalue weighted by Crippen LogP contribution is 2.46. The first-order valence-electron chi connectivity index (χ1n) is 9.43. The van der Waals surface area contributed by atoms with Gasteiger partial charge in [-0.3, -0.25) is 0 Å². The van der Waals surface area contributed by atoms with Crippen molar-refractivity contribution < 1.29 is 13.5 Å². The van der Waals surface area contributed by atoms with Crippen molar-refractivity contribution in [2.75, 3.05) is 13.1 Å². The van der Waals surface area contributed by atoms with Crippen molar-refractivity contribution in [1.82, 2.24) is 10.3 Å². The van der Waals surface area contributed by atoms with Gasteiger partial charge in [0.05, 0.1) is 5.69 Å². The van der Waals surface area contributed by atoms with Crippen LogP contribution in [0, 0.1) is 11.8 Å². The molecule has 27 heavy (non-hydrogen) atoms. The minimum atomic E-state index is -2.70. The topological polar surface area (TPSA) is 60.2 Å². The molecule has 1 aromatic carbocycles. The lowest BCUT2D eigenvalue weighted by molar-refractivity contribution is -0.0287. The van der Waals surface area contributed by atoms with Gasteiger partial charge in [-0.25, -0.2) is 13.8 Å². The molecule has 4 nitrogen and oxygen atoms in total. The van der Waals surface area contributed by atoms with E-state index in [1.165, 1.54) is 6.07 Å². The van der Waals surface area contributed by atoms with Gasteiger partial charge in [0.15, 0.2) is 0 Å². The van der Waals surface area contributed by atoms with Gasteiger partial charge in [0.1, 0.15) is 6.10 Å². The van der Waals surface area contributed by atoms with Crippen LogP contribution in [0.25, 0.3) is 11.3 Å². The molecule has 2 heterocycles. The molecule has 142 valence electrons. The summed E-state index contributed by atoms with van der Waals surface area (Å²) < 4.78 is 33.3. The molecule has 1 saturated heterocycles. The van der Waals surface area contributed by atoms with Crippen molar-refractivity contribution in [2.45, 2.75) is 37.8 Å². The lowest BCUT2D eigenvalue weighted by Gasteiger charge is -2.30. The smallest absolute Gasteiger partial charge is 0.277 e. The zero-order valence-electron chi connectivity index (χ0n) is 15.4. The molecule has 3 aliphatic rings. The van der Waals surface area contributed by atoms with Crippen LogP contribution in [-0.4, -0.2) is 24.2 Å². The number of alkyl halides is 2. The number of hydrogen-bond acceptors (Lipinski definition) is 4. The molecule has 1 saturated carbocycles. The van der Waals surface area contributed by atoms with E-state index in [9.17, 15) is 8.78 Å². The molecule has 1 aliphatic heterocycles. The second kappa shape index (κ2) is 5.49. The van der Waals surface area contributed by atoms with E-state index >= 15 is 0 Å². The fraction of sp³-hybridized carbons (Fsp3) is 0.476. The number of ether oxygens (including phenoxy) is 1. The molecule has 1 unspecified atom stereocenters. The van der Waals surface area contributed by atoms with Crippen LogP contribution in [0.15, 0.2) is 30.3 Å². The maximum Gasteiger partial charge on any atom is 0.277 e. The van der Waals surface area contributed by atoms with Crippen LogP contribution in [0.2, 0.25) is 0 Å². The number of piperidine rings is 1. The van der Waals surface area contributed by atoms with Gasteiger partial charge in [0.25, 0.3) is 5.92 Å². The van der Waals surface area contributed by atoms with E-state index < -0.39 is 11.5 Å². The van der Waals surface area contributed by atoms with Crippen LogP contribution in [0.1, 0.15) is 30.5 Å². The average Bonchev–Trinajstić information content (AvgIpc) is 3.01. The van der Waals surface area contributed by atoms with E-state index in [4.69, 9.17) is 10.5 Å². The highest BCUT2D eigenvalue weighted by atomic mass is 19.3. The van der Waals surface area contributed by atoms with Crippen molar-refractivity contribution in [3.8, 4) is 17.1 Å². The summed E-state index contributed by atoms with van der Waals surface area (Å²) in [4.78, 5) is 4.67. The second-order valence-corrected chi connectivity index (χ2v) is 8.62. The third-order valence-corrected chi connectivity index (χ3v) is 6.02. The normalized spacial score (nSPS) is 27.5. The molecule has 3 N–H and O–H groups in total. The van der Waals surface area contributed by atoms with Gasteiger partial charge >= 0.3 is 0 Å². The second-order valence-electron chi connectivity index (χ2n) is 8.62. The zero-order valence-corrected chi connectivity index (χ0v) is 15.4. The summed E-state index contributed by atoms with van der Waals surface area (Å²) in [5.74, 6) is -1.02. The Morgan fingerprint density at radius 1 is 1.19 bits per heavy atom. The fourth-order valence-electron chi connectivity index (χ4n) is 4.25. The number of benzene rings is 1. The SMILES string of the molecule is CC(C)(N)c1cc(OC2[C@H]3CNC[C@@H]23)nc(-c2ccc3c(c2)CC3(F)F)c1. The molecule has 2 aliphatic carbocycles. The summed E-state index contributed by atoms with van der Waals surface area (Å²) in [5.41, 5.74) is 9.02. The highest BCUT2D eigenvalue weighted by Gasteiger charge is 2.55. The van der Waals surface area contributed by atoms with Gasteiger partial charge < -0.3 is 15.8 Å². The van der Waals surface area contributed by atoms with Crippen molar-refractivity contribution in [3.05, 3.63) is 47.0 Å². The lowest BCUT2D eigenvalue weighted by atomic mass is 9.83. The Morgan fingerprint density at radius 2 is 1.93 bits per heavy atom. The van der Waals surface area contributed by atoms with E-state index in [1.807, 2.05) is 32.0 Å². The van der Waals surface area contributed by atoms with Crippen molar-refractivity contribution >= 4 is 0 Å². The number of nitrogens with two attached hydrogens (primary N) is 1. The third-order valence-electron chi connectivity index (χ3n) is 6.02. The molecule has 0 radical (unpaired) electrons. The van der Waals surface area contributed by atoms with Gasteiger partial charge in [-0.1, -0.05) is 12.1 Å². The largest absolute Gasteiger partial charge is 0.474 e. The van der Waals surface area contributed by atoms with Crippen LogP contribution >= 0.6 is 0 Å². The van der Waals surface area contributed by atoms with E-state index in [0.29, 0.717) is 29.0 Å². The van der Waals surface area contributed by atoms with E-state index in [2.05, 4.69) is 10.3 Å². The molecule has 0 amide bonds. The van der Waals surface area contributed by atoms with Gasteiger partial charge in [-0.2, -0.15) is 0 Å². The van der Waals surface area contributed by atoms with Crippen molar-refractivity contribution in [3.63, 3.8) is 0 Å². The summed E-state index contributed by atoms with van der Waals surface area (Å²) in [6.45, 7) is 5.85. The Bertz CT molecular complexity index is 912. The quantitative estimate of drug-likeness (QED) is 0.867. The summed E-state index contributed by atoms with van der Waals surface area (Å²) >= 11 is 0. The summed E-state index contributed by atoms with van der Waals surface area (Å²) in [7, 11) is 0. The first kappa shape index (κ1) is 17.1. The van der Waals surface area contributed by atoms with Gasteiger partial charge in [-0.15, -0.1) is 0 Å². The monoisotopic (exact) mass is 371 g/mol. The Morgan fingerprint density at radius 3 is 2.56 bits per heavy atom. The lowest BCUT2D eigenvalue weighted by Crippen LogP contribution is -2.29. The third kappa shape index (κ3) is 2.82. The van der Waals surface area contributed by atoms with Crippen LogP contribution in [0.4, 0.5) is 8.78 Å². The molecule has 2 fully saturated rings. The number of nitrogens with zero attached hydrogens (tertiary/aromatic N) is 1. The molecule has 3 atom stereocenters. The predicted molar refractivity (Wildman–Crippen MR) is 98.8 cm³/mol. The molecular weight excluding hydrogens is 348 g/mol. The predicted octanol–water partition coefficient (Wildman–Crippen LogP) is 3.19. The van der Waals surface area contributed by atoms with E-state index in [0.717, 1.165) is 24.2 Å². The van der Waals surface area contributed by atoms with Crippen molar-refractivity contribution in [2.24, 2.45) is 17.6 Å². The fourth-order valence-corrected chi connectivity index (χ4v) is 4.25. The maximum absolute atomic E-state index is 13.6. The van der Waals surface area contributed by atoms with Crippen LogP contribution in [0.3, 0.4) is 0 Å². The number of fused-ring (bicyclic) bond motifs is 2. The Balaban J connectivity index is 1.50.